The van der Waals surface area contributed by atoms with Crippen LogP contribution in [-0.4, -0.2) is 22.9 Å². The van der Waals surface area contributed by atoms with Crippen molar-refractivity contribution in [1.82, 2.24) is 9.78 Å². The lowest BCUT2D eigenvalue weighted by Crippen LogP contribution is -2.11. The quantitative estimate of drug-likeness (QED) is 0.672. The number of ether oxygens (including phenoxy) is 1. The molecule has 0 saturated carbocycles. The number of rotatable bonds is 2. The van der Waals surface area contributed by atoms with Gasteiger partial charge in [0, 0.05) is 6.20 Å². The predicted octanol–water partition coefficient (Wildman–Crippen LogP) is 0.0601. The SMILES string of the molecule is COC(=O)Cn1cc(N)cn1.Cl. The Bertz CT molecular complexity index is 261. The molecule has 0 spiro atoms. The van der Waals surface area contributed by atoms with E-state index in [9.17, 15) is 4.79 Å². The fraction of sp³-hybridized carbons (Fsp3) is 0.333. The first-order valence-corrected chi connectivity index (χ1v) is 3.07. The molecule has 0 unspecified atom stereocenters. The molecule has 0 atom stereocenters. The summed E-state index contributed by atoms with van der Waals surface area (Å²) >= 11 is 0. The van der Waals surface area contributed by atoms with Crippen molar-refractivity contribution in [3.8, 4) is 0 Å². The van der Waals surface area contributed by atoms with E-state index in [0.29, 0.717) is 5.69 Å². The normalized spacial score (nSPS) is 8.75. The van der Waals surface area contributed by atoms with Crippen LogP contribution in [0.2, 0.25) is 0 Å². The van der Waals surface area contributed by atoms with E-state index < -0.39 is 0 Å². The second kappa shape index (κ2) is 4.61. The van der Waals surface area contributed by atoms with E-state index in [1.54, 1.807) is 6.20 Å². The summed E-state index contributed by atoms with van der Waals surface area (Å²) in [6, 6.07) is 0. The molecular formula is C6H10ClN3O2. The maximum absolute atomic E-state index is 10.7. The molecule has 1 rings (SSSR count). The fourth-order valence-electron chi connectivity index (χ4n) is 0.663. The maximum Gasteiger partial charge on any atom is 0.327 e. The van der Waals surface area contributed by atoms with E-state index >= 15 is 0 Å². The number of halogens is 1. The number of carbonyl (C=O) groups excluding carboxylic acids is 1. The molecule has 0 aliphatic carbocycles. The molecule has 0 aliphatic rings. The lowest BCUT2D eigenvalue weighted by atomic mass is 10.6. The lowest BCUT2D eigenvalue weighted by Gasteiger charge is -1.97. The van der Waals surface area contributed by atoms with Gasteiger partial charge in [-0.15, -0.1) is 12.4 Å². The first-order chi connectivity index (χ1) is 5.22. The smallest absolute Gasteiger partial charge is 0.327 e. The number of hydrogen-bond donors (Lipinski definition) is 1. The molecule has 0 radical (unpaired) electrons. The molecule has 68 valence electrons. The number of nitrogens with zero attached hydrogens (tertiary/aromatic N) is 2. The molecule has 0 bridgehead atoms. The third-order valence-corrected chi connectivity index (χ3v) is 1.17. The van der Waals surface area contributed by atoms with Crippen LogP contribution in [0.4, 0.5) is 5.69 Å². The van der Waals surface area contributed by atoms with Gasteiger partial charge in [-0.1, -0.05) is 0 Å². The molecule has 0 amide bonds. The zero-order chi connectivity index (χ0) is 8.27. The molecular weight excluding hydrogens is 182 g/mol. The summed E-state index contributed by atoms with van der Waals surface area (Å²) < 4.78 is 5.84. The number of aromatic nitrogens is 2. The summed E-state index contributed by atoms with van der Waals surface area (Å²) in [5.74, 6) is -0.340. The summed E-state index contributed by atoms with van der Waals surface area (Å²) in [7, 11) is 1.33. The third kappa shape index (κ3) is 2.79. The third-order valence-electron chi connectivity index (χ3n) is 1.17. The van der Waals surface area contributed by atoms with Gasteiger partial charge in [-0.05, 0) is 0 Å². The Morgan fingerprint density at radius 2 is 2.50 bits per heavy atom. The predicted molar refractivity (Wildman–Crippen MR) is 45.9 cm³/mol. The summed E-state index contributed by atoms with van der Waals surface area (Å²) in [4.78, 5) is 10.7. The van der Waals surface area contributed by atoms with Gasteiger partial charge < -0.3 is 10.5 Å². The Balaban J connectivity index is 0.00000121. The van der Waals surface area contributed by atoms with Crippen molar-refractivity contribution in [2.45, 2.75) is 6.54 Å². The highest BCUT2D eigenvalue weighted by Gasteiger charge is 2.01. The highest BCUT2D eigenvalue weighted by atomic mass is 35.5. The zero-order valence-corrected chi connectivity index (χ0v) is 7.37. The standard InChI is InChI=1S/C6H9N3O2.ClH/c1-11-6(10)4-9-3-5(7)2-8-9;/h2-3H,4,7H2,1H3;1H. The van der Waals surface area contributed by atoms with Crippen LogP contribution in [0, 0.1) is 0 Å². The average Bonchev–Trinajstić information content (AvgIpc) is 2.35. The number of carbonyl (C=O) groups is 1. The molecule has 12 heavy (non-hydrogen) atoms. The molecule has 5 nitrogen and oxygen atoms in total. The molecule has 0 aromatic carbocycles. The largest absolute Gasteiger partial charge is 0.468 e. The zero-order valence-electron chi connectivity index (χ0n) is 6.56. The molecule has 1 heterocycles. The Hall–Kier alpha value is -1.23. The first kappa shape index (κ1) is 10.8. The van der Waals surface area contributed by atoms with E-state index in [0.717, 1.165) is 0 Å². The van der Waals surface area contributed by atoms with Crippen LogP contribution in [-0.2, 0) is 16.1 Å². The van der Waals surface area contributed by atoms with Gasteiger partial charge in [0.15, 0.2) is 0 Å². The Morgan fingerprint density at radius 3 is 2.92 bits per heavy atom. The van der Waals surface area contributed by atoms with Gasteiger partial charge in [-0.25, -0.2) is 0 Å². The summed E-state index contributed by atoms with van der Waals surface area (Å²) in [5, 5.41) is 3.79. The minimum absolute atomic E-state index is 0. The van der Waals surface area contributed by atoms with Crippen LogP contribution in [0.1, 0.15) is 0 Å². The molecule has 2 N–H and O–H groups in total. The number of nitrogens with two attached hydrogens (primary N) is 1. The molecule has 0 saturated heterocycles. The van der Waals surface area contributed by atoms with Gasteiger partial charge in [-0.2, -0.15) is 5.10 Å². The van der Waals surface area contributed by atoms with E-state index in [4.69, 9.17) is 5.73 Å². The van der Waals surface area contributed by atoms with Gasteiger partial charge in [-0.3, -0.25) is 9.48 Å². The van der Waals surface area contributed by atoms with Crippen molar-refractivity contribution in [3.63, 3.8) is 0 Å². The minimum Gasteiger partial charge on any atom is -0.468 e. The number of nitrogen functional groups attached to an aromatic ring is 1. The summed E-state index contributed by atoms with van der Waals surface area (Å²) in [5.41, 5.74) is 5.90. The van der Waals surface area contributed by atoms with Crippen molar-refractivity contribution in [1.29, 1.82) is 0 Å². The summed E-state index contributed by atoms with van der Waals surface area (Å²) in [6.07, 6.45) is 3.04. The molecule has 6 heteroatoms. The van der Waals surface area contributed by atoms with E-state index in [1.165, 1.54) is 18.0 Å². The Kier molecular flexibility index (Phi) is 4.14. The topological polar surface area (TPSA) is 70.1 Å². The first-order valence-electron chi connectivity index (χ1n) is 3.07. The summed E-state index contributed by atoms with van der Waals surface area (Å²) in [6.45, 7) is 0.105. The van der Waals surface area contributed by atoms with Crippen LogP contribution in [0.25, 0.3) is 0 Å². The van der Waals surface area contributed by atoms with Gasteiger partial charge in [0.25, 0.3) is 0 Å². The van der Waals surface area contributed by atoms with E-state index in [-0.39, 0.29) is 24.9 Å². The van der Waals surface area contributed by atoms with Gasteiger partial charge in [0.1, 0.15) is 6.54 Å². The van der Waals surface area contributed by atoms with Gasteiger partial charge >= 0.3 is 5.97 Å². The second-order valence-electron chi connectivity index (χ2n) is 2.05. The van der Waals surface area contributed by atoms with Crippen molar-refractivity contribution in [3.05, 3.63) is 12.4 Å². The van der Waals surface area contributed by atoms with E-state index in [2.05, 4.69) is 9.84 Å². The van der Waals surface area contributed by atoms with E-state index in [1.807, 2.05) is 0 Å². The Labute approximate surface area is 75.9 Å². The lowest BCUT2D eigenvalue weighted by molar-refractivity contribution is -0.141. The molecule has 1 aromatic rings. The fourth-order valence-corrected chi connectivity index (χ4v) is 0.663. The number of esters is 1. The van der Waals surface area contributed by atoms with Crippen molar-refractivity contribution in [2.75, 3.05) is 12.8 Å². The molecule has 0 aliphatic heterocycles. The van der Waals surface area contributed by atoms with Crippen LogP contribution >= 0.6 is 12.4 Å². The van der Waals surface area contributed by atoms with Crippen LogP contribution in [0.3, 0.4) is 0 Å². The highest BCUT2D eigenvalue weighted by molar-refractivity contribution is 5.85. The van der Waals surface area contributed by atoms with Crippen molar-refractivity contribution < 1.29 is 9.53 Å². The van der Waals surface area contributed by atoms with Crippen LogP contribution in [0.5, 0.6) is 0 Å². The van der Waals surface area contributed by atoms with Crippen molar-refractivity contribution >= 4 is 24.1 Å². The number of anilines is 1. The van der Waals surface area contributed by atoms with Crippen LogP contribution < -0.4 is 5.73 Å². The molecule has 1 aromatic heterocycles. The van der Waals surface area contributed by atoms with Crippen LogP contribution in [0.15, 0.2) is 12.4 Å². The van der Waals surface area contributed by atoms with Gasteiger partial charge in [0.2, 0.25) is 0 Å². The Morgan fingerprint density at radius 1 is 1.83 bits per heavy atom. The van der Waals surface area contributed by atoms with Crippen molar-refractivity contribution in [2.24, 2.45) is 0 Å². The highest BCUT2D eigenvalue weighted by Crippen LogP contribution is 1.97. The number of hydrogen-bond acceptors (Lipinski definition) is 4. The number of methoxy groups -OCH3 is 1. The maximum atomic E-state index is 10.7. The minimum atomic E-state index is -0.340. The molecule has 0 fully saturated rings. The second-order valence-corrected chi connectivity index (χ2v) is 2.05. The monoisotopic (exact) mass is 191 g/mol. The average molecular weight is 192 g/mol. The van der Waals surface area contributed by atoms with Gasteiger partial charge in [0.05, 0.1) is 19.0 Å².